The van der Waals surface area contributed by atoms with Crippen molar-refractivity contribution in [1.29, 1.82) is 0 Å². The van der Waals surface area contributed by atoms with E-state index < -0.39 is 0 Å². The second-order valence-electron chi connectivity index (χ2n) is 10.5. The van der Waals surface area contributed by atoms with Crippen LogP contribution >= 0.6 is 0 Å². The van der Waals surface area contributed by atoms with Crippen molar-refractivity contribution in [2.45, 2.75) is 0 Å². The van der Waals surface area contributed by atoms with E-state index in [0.29, 0.717) is 17.5 Å². The number of rotatable bonds is 4. The SMILES string of the molecule is c1ccc(-c2nc(-c3ccc4ccccc4c3)nc(-c3c(-c4cccc5ccccc45)ccc4ccccc34)n2)cc1. The molecule has 0 spiro atoms. The summed E-state index contributed by atoms with van der Waals surface area (Å²) in [5, 5.41) is 6.99. The van der Waals surface area contributed by atoms with Crippen molar-refractivity contribution < 1.29 is 0 Å². The van der Waals surface area contributed by atoms with E-state index in [2.05, 4.69) is 133 Å². The van der Waals surface area contributed by atoms with Gasteiger partial charge in [0.15, 0.2) is 17.5 Å². The molecular weight excluding hydrogens is 510 g/mol. The van der Waals surface area contributed by atoms with Gasteiger partial charge in [-0.1, -0.05) is 146 Å². The van der Waals surface area contributed by atoms with Crippen LogP contribution in [-0.4, -0.2) is 15.0 Å². The van der Waals surface area contributed by atoms with Crippen LogP contribution in [0.4, 0.5) is 0 Å². The third-order valence-electron chi connectivity index (χ3n) is 7.91. The lowest BCUT2D eigenvalue weighted by molar-refractivity contribution is 1.08. The quantitative estimate of drug-likeness (QED) is 0.225. The van der Waals surface area contributed by atoms with Crippen LogP contribution in [0.2, 0.25) is 0 Å². The van der Waals surface area contributed by atoms with E-state index in [1.54, 1.807) is 0 Å². The van der Waals surface area contributed by atoms with Crippen LogP contribution in [0.5, 0.6) is 0 Å². The zero-order chi connectivity index (χ0) is 27.9. The highest BCUT2D eigenvalue weighted by Crippen LogP contribution is 2.40. The van der Waals surface area contributed by atoms with Gasteiger partial charge in [0.2, 0.25) is 0 Å². The van der Waals surface area contributed by atoms with Crippen LogP contribution in [0.3, 0.4) is 0 Å². The minimum Gasteiger partial charge on any atom is -0.208 e. The van der Waals surface area contributed by atoms with Gasteiger partial charge in [-0.15, -0.1) is 0 Å². The third-order valence-corrected chi connectivity index (χ3v) is 7.91. The van der Waals surface area contributed by atoms with E-state index in [1.807, 2.05) is 18.2 Å². The zero-order valence-corrected chi connectivity index (χ0v) is 22.8. The molecule has 0 saturated heterocycles. The fourth-order valence-electron chi connectivity index (χ4n) is 5.86. The maximum atomic E-state index is 5.20. The molecule has 1 aromatic heterocycles. The lowest BCUT2D eigenvalue weighted by atomic mass is 9.90. The van der Waals surface area contributed by atoms with Crippen molar-refractivity contribution in [2.24, 2.45) is 0 Å². The highest BCUT2D eigenvalue weighted by molar-refractivity contribution is 6.07. The van der Waals surface area contributed by atoms with Gasteiger partial charge in [-0.3, -0.25) is 0 Å². The van der Waals surface area contributed by atoms with Crippen LogP contribution in [0, 0.1) is 0 Å². The summed E-state index contributed by atoms with van der Waals surface area (Å²) in [7, 11) is 0. The van der Waals surface area contributed by atoms with Crippen LogP contribution in [0.15, 0.2) is 152 Å². The summed E-state index contributed by atoms with van der Waals surface area (Å²) in [6, 6.07) is 52.8. The molecule has 8 rings (SSSR count). The van der Waals surface area contributed by atoms with Crippen LogP contribution in [-0.2, 0) is 0 Å². The average molecular weight is 536 g/mol. The third kappa shape index (κ3) is 4.20. The summed E-state index contributed by atoms with van der Waals surface area (Å²) in [5.41, 5.74) is 5.17. The fraction of sp³-hybridized carbons (Fsp3) is 0. The molecule has 0 unspecified atom stereocenters. The molecular formula is C39H25N3. The smallest absolute Gasteiger partial charge is 0.165 e. The fourth-order valence-corrected chi connectivity index (χ4v) is 5.86. The van der Waals surface area contributed by atoms with E-state index in [1.165, 1.54) is 16.2 Å². The van der Waals surface area contributed by atoms with E-state index in [4.69, 9.17) is 15.0 Å². The van der Waals surface area contributed by atoms with E-state index in [0.717, 1.165) is 44.0 Å². The summed E-state index contributed by atoms with van der Waals surface area (Å²) < 4.78 is 0. The zero-order valence-electron chi connectivity index (χ0n) is 22.8. The first kappa shape index (κ1) is 24.2. The lowest BCUT2D eigenvalue weighted by Gasteiger charge is -2.16. The molecule has 0 fully saturated rings. The van der Waals surface area contributed by atoms with Crippen molar-refractivity contribution in [3.8, 4) is 45.3 Å². The summed E-state index contributed by atoms with van der Waals surface area (Å²) in [5.74, 6) is 1.97. The molecule has 0 N–H and O–H groups in total. The molecule has 0 atom stereocenters. The van der Waals surface area contributed by atoms with Gasteiger partial charge in [-0.2, -0.15) is 0 Å². The highest BCUT2D eigenvalue weighted by Gasteiger charge is 2.19. The molecule has 0 aliphatic rings. The number of aromatic nitrogens is 3. The van der Waals surface area contributed by atoms with E-state index in [-0.39, 0.29) is 0 Å². The van der Waals surface area contributed by atoms with E-state index in [9.17, 15) is 0 Å². The van der Waals surface area contributed by atoms with Gasteiger partial charge in [0.25, 0.3) is 0 Å². The number of fused-ring (bicyclic) bond motifs is 3. The van der Waals surface area contributed by atoms with Gasteiger partial charge in [0, 0.05) is 16.7 Å². The Morgan fingerprint density at radius 3 is 1.69 bits per heavy atom. The monoisotopic (exact) mass is 535 g/mol. The largest absolute Gasteiger partial charge is 0.208 e. The molecule has 0 bridgehead atoms. The minimum absolute atomic E-state index is 0.653. The first-order valence-electron chi connectivity index (χ1n) is 14.1. The van der Waals surface area contributed by atoms with Gasteiger partial charge in [0.1, 0.15) is 0 Å². The molecule has 3 heteroatoms. The normalized spacial score (nSPS) is 11.3. The van der Waals surface area contributed by atoms with Gasteiger partial charge in [0.05, 0.1) is 0 Å². The van der Waals surface area contributed by atoms with Crippen molar-refractivity contribution in [3.05, 3.63) is 152 Å². The molecule has 0 radical (unpaired) electrons. The second kappa shape index (κ2) is 10.1. The molecule has 0 aliphatic heterocycles. The molecule has 7 aromatic carbocycles. The maximum Gasteiger partial charge on any atom is 0.165 e. The maximum absolute atomic E-state index is 5.20. The number of nitrogens with zero attached hydrogens (tertiary/aromatic N) is 3. The Morgan fingerprint density at radius 1 is 0.310 bits per heavy atom. The predicted molar refractivity (Wildman–Crippen MR) is 174 cm³/mol. The Kier molecular flexibility index (Phi) is 5.79. The predicted octanol–water partition coefficient (Wildman–Crippen LogP) is 10.00. The Hall–Kier alpha value is -5.67. The highest BCUT2D eigenvalue weighted by atomic mass is 15.0. The Balaban J connectivity index is 1.45. The summed E-state index contributed by atoms with van der Waals surface area (Å²) >= 11 is 0. The van der Waals surface area contributed by atoms with Gasteiger partial charge in [-0.25, -0.2) is 15.0 Å². The van der Waals surface area contributed by atoms with Crippen molar-refractivity contribution in [1.82, 2.24) is 15.0 Å². The summed E-state index contributed by atoms with van der Waals surface area (Å²) in [6.07, 6.45) is 0. The molecule has 196 valence electrons. The average Bonchev–Trinajstić information content (AvgIpc) is 3.07. The van der Waals surface area contributed by atoms with Gasteiger partial charge < -0.3 is 0 Å². The second-order valence-corrected chi connectivity index (χ2v) is 10.5. The van der Waals surface area contributed by atoms with Crippen LogP contribution in [0.25, 0.3) is 77.6 Å². The molecule has 8 aromatic rings. The topological polar surface area (TPSA) is 38.7 Å². The molecule has 42 heavy (non-hydrogen) atoms. The standard InChI is InChI=1S/C39H25N3/c1-2-14-29(15-3-1)37-40-38(31-22-21-26-11-4-5-16-30(26)25-31)42-39(41-37)36-33-19-9-7-13-28(33)23-24-35(36)34-20-10-17-27-12-6-8-18-32(27)34/h1-25H. The van der Waals surface area contributed by atoms with Gasteiger partial charge >= 0.3 is 0 Å². The summed E-state index contributed by atoms with van der Waals surface area (Å²) in [6.45, 7) is 0. The molecule has 1 heterocycles. The Labute approximate surface area is 243 Å². The van der Waals surface area contributed by atoms with E-state index >= 15 is 0 Å². The van der Waals surface area contributed by atoms with Crippen LogP contribution < -0.4 is 0 Å². The first-order valence-corrected chi connectivity index (χ1v) is 14.1. The first-order chi connectivity index (χ1) is 20.8. The van der Waals surface area contributed by atoms with Gasteiger partial charge in [-0.05, 0) is 49.5 Å². The Morgan fingerprint density at radius 2 is 0.881 bits per heavy atom. The number of benzene rings is 7. The Bertz CT molecular complexity index is 2250. The molecule has 0 aliphatic carbocycles. The molecule has 3 nitrogen and oxygen atoms in total. The minimum atomic E-state index is 0.653. The summed E-state index contributed by atoms with van der Waals surface area (Å²) in [4.78, 5) is 15.4. The number of hydrogen-bond acceptors (Lipinski definition) is 3. The van der Waals surface area contributed by atoms with Crippen molar-refractivity contribution >= 4 is 32.3 Å². The lowest BCUT2D eigenvalue weighted by Crippen LogP contribution is -2.02. The van der Waals surface area contributed by atoms with Crippen molar-refractivity contribution in [3.63, 3.8) is 0 Å². The van der Waals surface area contributed by atoms with Crippen molar-refractivity contribution in [2.75, 3.05) is 0 Å². The number of hydrogen-bond donors (Lipinski definition) is 0. The molecule has 0 amide bonds. The molecule has 0 saturated carbocycles. The van der Waals surface area contributed by atoms with Crippen LogP contribution in [0.1, 0.15) is 0 Å².